The SMILES string of the molecule is CCCNS(=O)(=O)c1ccsc1CNC. The van der Waals surface area contributed by atoms with Crippen molar-refractivity contribution in [3.8, 4) is 0 Å². The number of hydrogen-bond donors (Lipinski definition) is 2. The fourth-order valence-corrected chi connectivity index (χ4v) is 3.76. The highest BCUT2D eigenvalue weighted by Gasteiger charge is 2.18. The minimum Gasteiger partial charge on any atom is -0.315 e. The van der Waals surface area contributed by atoms with Crippen LogP contribution in [0.5, 0.6) is 0 Å². The van der Waals surface area contributed by atoms with Gasteiger partial charge in [-0.05, 0) is 24.9 Å². The van der Waals surface area contributed by atoms with Crippen molar-refractivity contribution in [3.63, 3.8) is 0 Å². The van der Waals surface area contributed by atoms with Crippen LogP contribution in [0.2, 0.25) is 0 Å². The summed E-state index contributed by atoms with van der Waals surface area (Å²) in [5.74, 6) is 0. The van der Waals surface area contributed by atoms with Gasteiger partial charge in [-0.3, -0.25) is 0 Å². The highest BCUT2D eigenvalue weighted by molar-refractivity contribution is 7.89. The Morgan fingerprint density at radius 1 is 1.47 bits per heavy atom. The lowest BCUT2D eigenvalue weighted by Crippen LogP contribution is -2.25. The van der Waals surface area contributed by atoms with E-state index >= 15 is 0 Å². The summed E-state index contributed by atoms with van der Waals surface area (Å²) in [5, 5.41) is 4.76. The standard InChI is InChI=1S/C9H16N2O2S2/c1-3-5-11-15(12,13)9-4-6-14-8(9)7-10-2/h4,6,10-11H,3,5,7H2,1-2H3. The van der Waals surface area contributed by atoms with E-state index in [-0.39, 0.29) is 0 Å². The molecule has 1 heterocycles. The summed E-state index contributed by atoms with van der Waals surface area (Å²) in [5.41, 5.74) is 0. The molecule has 1 aromatic heterocycles. The monoisotopic (exact) mass is 248 g/mol. The molecule has 0 bridgehead atoms. The minimum absolute atomic E-state index is 0.398. The molecule has 0 aliphatic rings. The molecule has 6 heteroatoms. The molecule has 1 aromatic rings. The van der Waals surface area contributed by atoms with Crippen LogP contribution in [0.1, 0.15) is 18.2 Å². The third-order valence-electron chi connectivity index (χ3n) is 1.87. The molecular formula is C9H16N2O2S2. The molecule has 0 radical (unpaired) electrons. The van der Waals surface area contributed by atoms with Crippen LogP contribution in [0, 0.1) is 0 Å². The predicted molar refractivity (Wildman–Crippen MR) is 62.6 cm³/mol. The molecule has 2 N–H and O–H groups in total. The van der Waals surface area contributed by atoms with Gasteiger partial charge >= 0.3 is 0 Å². The smallest absolute Gasteiger partial charge is 0.241 e. The Labute approximate surface area is 94.8 Å². The zero-order valence-electron chi connectivity index (χ0n) is 8.91. The van der Waals surface area contributed by atoms with Crippen LogP contribution in [0.3, 0.4) is 0 Å². The van der Waals surface area contributed by atoms with Gasteiger partial charge in [-0.15, -0.1) is 11.3 Å². The lowest BCUT2D eigenvalue weighted by molar-refractivity contribution is 0.579. The summed E-state index contributed by atoms with van der Waals surface area (Å²) in [4.78, 5) is 1.25. The first-order chi connectivity index (χ1) is 7.11. The Balaban J connectivity index is 2.89. The topological polar surface area (TPSA) is 58.2 Å². The van der Waals surface area contributed by atoms with E-state index in [1.807, 2.05) is 6.92 Å². The Hall–Kier alpha value is -0.430. The van der Waals surface area contributed by atoms with Gasteiger partial charge in [0.15, 0.2) is 0 Å². The molecular weight excluding hydrogens is 232 g/mol. The van der Waals surface area contributed by atoms with E-state index in [0.29, 0.717) is 18.0 Å². The lowest BCUT2D eigenvalue weighted by Gasteiger charge is -2.06. The summed E-state index contributed by atoms with van der Waals surface area (Å²) in [6, 6.07) is 1.65. The van der Waals surface area contributed by atoms with E-state index in [0.717, 1.165) is 11.3 Å². The first-order valence-corrected chi connectivity index (χ1v) is 7.18. The van der Waals surface area contributed by atoms with Crippen molar-refractivity contribution in [2.75, 3.05) is 13.6 Å². The molecule has 15 heavy (non-hydrogen) atoms. The van der Waals surface area contributed by atoms with E-state index in [1.54, 1.807) is 18.5 Å². The fraction of sp³-hybridized carbons (Fsp3) is 0.556. The second kappa shape index (κ2) is 5.60. The summed E-state index contributed by atoms with van der Waals surface area (Å²) >= 11 is 1.45. The van der Waals surface area contributed by atoms with Crippen LogP contribution in [0.4, 0.5) is 0 Å². The highest BCUT2D eigenvalue weighted by atomic mass is 32.2. The Morgan fingerprint density at radius 3 is 2.80 bits per heavy atom. The van der Waals surface area contributed by atoms with E-state index < -0.39 is 10.0 Å². The fourth-order valence-electron chi connectivity index (χ4n) is 1.17. The van der Waals surface area contributed by atoms with Crippen molar-refractivity contribution < 1.29 is 8.42 Å². The average molecular weight is 248 g/mol. The summed E-state index contributed by atoms with van der Waals surface area (Å²) in [6.45, 7) is 3.00. The molecule has 0 spiro atoms. The molecule has 0 aliphatic carbocycles. The Kier molecular flexibility index (Phi) is 4.72. The molecule has 0 aliphatic heterocycles. The third kappa shape index (κ3) is 3.27. The van der Waals surface area contributed by atoms with Crippen molar-refractivity contribution in [2.24, 2.45) is 0 Å². The Morgan fingerprint density at radius 2 is 2.20 bits per heavy atom. The van der Waals surface area contributed by atoms with Crippen LogP contribution in [0.25, 0.3) is 0 Å². The molecule has 1 rings (SSSR count). The van der Waals surface area contributed by atoms with Gasteiger partial charge in [-0.2, -0.15) is 0 Å². The number of nitrogens with one attached hydrogen (secondary N) is 2. The maximum absolute atomic E-state index is 11.8. The summed E-state index contributed by atoms with van der Waals surface area (Å²) in [6.07, 6.45) is 0.796. The molecule has 0 fully saturated rings. The van der Waals surface area contributed by atoms with Crippen molar-refractivity contribution in [1.82, 2.24) is 10.0 Å². The quantitative estimate of drug-likeness (QED) is 0.794. The zero-order valence-corrected chi connectivity index (χ0v) is 10.5. The van der Waals surface area contributed by atoms with Gasteiger partial charge in [0.05, 0.1) is 4.90 Å². The Bertz CT molecular complexity index is 398. The molecule has 0 aromatic carbocycles. The normalized spacial score (nSPS) is 11.9. The van der Waals surface area contributed by atoms with Crippen molar-refractivity contribution >= 4 is 21.4 Å². The number of hydrogen-bond acceptors (Lipinski definition) is 4. The van der Waals surface area contributed by atoms with E-state index in [1.165, 1.54) is 11.3 Å². The molecule has 0 unspecified atom stereocenters. The molecule has 0 atom stereocenters. The third-order valence-corrected chi connectivity index (χ3v) is 4.47. The average Bonchev–Trinajstić information content (AvgIpc) is 2.64. The van der Waals surface area contributed by atoms with Crippen molar-refractivity contribution in [2.45, 2.75) is 24.8 Å². The van der Waals surface area contributed by atoms with E-state index in [2.05, 4.69) is 10.0 Å². The van der Waals surface area contributed by atoms with Gasteiger partial charge in [0.25, 0.3) is 0 Å². The van der Waals surface area contributed by atoms with Crippen LogP contribution in [0.15, 0.2) is 16.3 Å². The second-order valence-corrected chi connectivity index (χ2v) is 5.87. The van der Waals surface area contributed by atoms with Gasteiger partial charge < -0.3 is 5.32 Å². The highest BCUT2D eigenvalue weighted by Crippen LogP contribution is 2.21. The van der Waals surface area contributed by atoms with Crippen LogP contribution < -0.4 is 10.0 Å². The van der Waals surface area contributed by atoms with Gasteiger partial charge in [-0.25, -0.2) is 13.1 Å². The zero-order chi connectivity index (χ0) is 11.3. The summed E-state index contributed by atoms with van der Waals surface area (Å²) < 4.78 is 26.2. The first-order valence-electron chi connectivity index (χ1n) is 4.82. The van der Waals surface area contributed by atoms with Gasteiger partial charge in [0.2, 0.25) is 10.0 Å². The molecule has 4 nitrogen and oxygen atoms in total. The molecule has 86 valence electrons. The maximum atomic E-state index is 11.8. The molecule has 0 saturated heterocycles. The van der Waals surface area contributed by atoms with Crippen molar-refractivity contribution in [1.29, 1.82) is 0 Å². The molecule has 0 saturated carbocycles. The number of sulfonamides is 1. The minimum atomic E-state index is -3.31. The number of thiophene rings is 1. The van der Waals surface area contributed by atoms with Gasteiger partial charge in [-0.1, -0.05) is 6.92 Å². The van der Waals surface area contributed by atoms with E-state index in [9.17, 15) is 8.42 Å². The number of rotatable bonds is 6. The van der Waals surface area contributed by atoms with Crippen LogP contribution in [-0.4, -0.2) is 22.0 Å². The molecule has 0 amide bonds. The largest absolute Gasteiger partial charge is 0.315 e. The van der Waals surface area contributed by atoms with Gasteiger partial charge in [0, 0.05) is 18.0 Å². The van der Waals surface area contributed by atoms with Crippen molar-refractivity contribution in [3.05, 3.63) is 16.3 Å². The lowest BCUT2D eigenvalue weighted by atomic mass is 10.5. The summed E-state index contributed by atoms with van der Waals surface area (Å²) in [7, 11) is -1.51. The maximum Gasteiger partial charge on any atom is 0.241 e. The second-order valence-electron chi connectivity index (χ2n) is 3.14. The van der Waals surface area contributed by atoms with Crippen LogP contribution >= 0.6 is 11.3 Å². The van der Waals surface area contributed by atoms with Gasteiger partial charge in [0.1, 0.15) is 0 Å². The predicted octanol–water partition coefficient (Wildman–Crippen LogP) is 1.16. The van der Waals surface area contributed by atoms with E-state index in [4.69, 9.17) is 0 Å². The first kappa shape index (κ1) is 12.6. The van der Waals surface area contributed by atoms with Crippen LogP contribution in [-0.2, 0) is 16.6 Å².